The van der Waals surface area contributed by atoms with E-state index in [0.717, 1.165) is 19.3 Å². The summed E-state index contributed by atoms with van der Waals surface area (Å²) in [5.74, 6) is -1.21. The third-order valence-corrected chi connectivity index (χ3v) is 2.24. The van der Waals surface area contributed by atoms with Crippen LogP contribution in [0.3, 0.4) is 0 Å². The van der Waals surface area contributed by atoms with Gasteiger partial charge in [-0.05, 0) is 20.3 Å². The van der Waals surface area contributed by atoms with E-state index in [0.29, 0.717) is 6.42 Å². The molecule has 76 valence electrons. The molecule has 0 saturated heterocycles. The van der Waals surface area contributed by atoms with E-state index in [4.69, 9.17) is 5.11 Å². The summed E-state index contributed by atoms with van der Waals surface area (Å²) in [7, 11) is 0. The van der Waals surface area contributed by atoms with Gasteiger partial charge >= 0.3 is 5.97 Å². The van der Waals surface area contributed by atoms with E-state index in [1.165, 1.54) is 13.8 Å². The lowest BCUT2D eigenvalue weighted by molar-refractivity contribution is -0.152. The topological polar surface area (TPSA) is 54.4 Å². The zero-order valence-electron chi connectivity index (χ0n) is 8.59. The fourth-order valence-corrected chi connectivity index (χ4v) is 0.967. The van der Waals surface area contributed by atoms with Gasteiger partial charge in [-0.25, -0.2) is 0 Å². The standard InChI is InChI=1S/C10H18O3/c1-4-5-6-7-8(11)10(2,3)9(12)13/h4-7H2,1-3H3,(H,12,13). The molecule has 0 aromatic carbocycles. The van der Waals surface area contributed by atoms with Crippen molar-refractivity contribution < 1.29 is 14.7 Å². The van der Waals surface area contributed by atoms with Crippen LogP contribution in [0.1, 0.15) is 46.5 Å². The van der Waals surface area contributed by atoms with Gasteiger partial charge in [0.25, 0.3) is 0 Å². The summed E-state index contributed by atoms with van der Waals surface area (Å²) in [5, 5.41) is 8.75. The van der Waals surface area contributed by atoms with E-state index in [2.05, 4.69) is 0 Å². The number of carbonyl (C=O) groups is 2. The monoisotopic (exact) mass is 186 g/mol. The van der Waals surface area contributed by atoms with Gasteiger partial charge in [0.1, 0.15) is 11.2 Å². The molecule has 0 aliphatic rings. The Labute approximate surface area is 79.1 Å². The minimum atomic E-state index is -1.21. The normalized spacial score (nSPS) is 11.3. The summed E-state index contributed by atoms with van der Waals surface area (Å²) in [6.07, 6.45) is 3.21. The van der Waals surface area contributed by atoms with Crippen LogP contribution >= 0.6 is 0 Å². The fourth-order valence-electron chi connectivity index (χ4n) is 0.967. The lowest BCUT2D eigenvalue weighted by atomic mass is 9.85. The highest BCUT2D eigenvalue weighted by Gasteiger charge is 2.34. The third-order valence-electron chi connectivity index (χ3n) is 2.24. The van der Waals surface area contributed by atoms with Crippen molar-refractivity contribution in [2.45, 2.75) is 46.5 Å². The molecule has 0 heterocycles. The molecule has 0 aliphatic carbocycles. The molecule has 13 heavy (non-hydrogen) atoms. The first-order valence-corrected chi connectivity index (χ1v) is 4.69. The molecule has 0 amide bonds. The van der Waals surface area contributed by atoms with Gasteiger partial charge in [-0.2, -0.15) is 0 Å². The van der Waals surface area contributed by atoms with E-state index < -0.39 is 11.4 Å². The Morgan fingerprint density at radius 2 is 1.77 bits per heavy atom. The van der Waals surface area contributed by atoms with Crippen LogP contribution in [0.4, 0.5) is 0 Å². The lowest BCUT2D eigenvalue weighted by Crippen LogP contribution is -2.33. The Bertz CT molecular complexity index is 194. The number of ketones is 1. The number of hydrogen-bond acceptors (Lipinski definition) is 2. The molecular weight excluding hydrogens is 168 g/mol. The first-order chi connectivity index (χ1) is 5.92. The summed E-state index contributed by atoms with van der Waals surface area (Å²) >= 11 is 0. The first kappa shape index (κ1) is 12.1. The average Bonchev–Trinajstić information content (AvgIpc) is 2.04. The van der Waals surface area contributed by atoms with E-state index in [1.54, 1.807) is 0 Å². The van der Waals surface area contributed by atoms with Gasteiger partial charge in [-0.1, -0.05) is 19.8 Å². The maximum absolute atomic E-state index is 11.4. The second-order valence-corrected chi connectivity index (χ2v) is 3.81. The summed E-state index contributed by atoms with van der Waals surface area (Å²) in [4.78, 5) is 22.1. The number of aliphatic carboxylic acids is 1. The molecule has 0 spiro atoms. The molecule has 0 aliphatic heterocycles. The summed E-state index contributed by atoms with van der Waals surface area (Å²) < 4.78 is 0. The molecule has 0 aromatic rings. The van der Waals surface area contributed by atoms with Crippen molar-refractivity contribution in [3.8, 4) is 0 Å². The molecule has 1 N–H and O–H groups in total. The van der Waals surface area contributed by atoms with Crippen molar-refractivity contribution in [1.82, 2.24) is 0 Å². The second kappa shape index (κ2) is 5.00. The Kier molecular flexibility index (Phi) is 4.67. The van der Waals surface area contributed by atoms with Crippen molar-refractivity contribution in [2.75, 3.05) is 0 Å². The molecule has 0 radical (unpaired) electrons. The molecule has 0 atom stereocenters. The number of rotatable bonds is 6. The molecule has 3 nitrogen and oxygen atoms in total. The highest BCUT2D eigenvalue weighted by atomic mass is 16.4. The first-order valence-electron chi connectivity index (χ1n) is 4.69. The molecule has 3 heteroatoms. The number of carbonyl (C=O) groups excluding carboxylic acids is 1. The highest BCUT2D eigenvalue weighted by molar-refractivity contribution is 6.02. The predicted molar refractivity (Wildman–Crippen MR) is 50.6 cm³/mol. The molecule has 0 aromatic heterocycles. The SMILES string of the molecule is CCCCCC(=O)C(C)(C)C(=O)O. The van der Waals surface area contributed by atoms with Gasteiger partial charge in [0.05, 0.1) is 0 Å². The number of hydrogen-bond donors (Lipinski definition) is 1. The van der Waals surface area contributed by atoms with Crippen LogP contribution < -0.4 is 0 Å². The van der Waals surface area contributed by atoms with E-state index >= 15 is 0 Å². The van der Waals surface area contributed by atoms with Crippen molar-refractivity contribution >= 4 is 11.8 Å². The van der Waals surface area contributed by atoms with Crippen LogP contribution in [0.2, 0.25) is 0 Å². The Hall–Kier alpha value is -0.860. The number of carboxylic acids is 1. The smallest absolute Gasteiger partial charge is 0.316 e. The van der Waals surface area contributed by atoms with Gasteiger partial charge in [-0.3, -0.25) is 9.59 Å². The summed E-state index contributed by atoms with van der Waals surface area (Å²) in [6.45, 7) is 4.97. The molecular formula is C10H18O3. The minimum absolute atomic E-state index is 0.173. The second-order valence-electron chi connectivity index (χ2n) is 3.81. The zero-order chi connectivity index (χ0) is 10.5. The Balaban J connectivity index is 4.03. The largest absolute Gasteiger partial charge is 0.481 e. The molecule has 0 saturated carbocycles. The highest BCUT2D eigenvalue weighted by Crippen LogP contribution is 2.20. The van der Waals surface area contributed by atoms with Gasteiger partial charge in [0.2, 0.25) is 0 Å². The van der Waals surface area contributed by atoms with Gasteiger partial charge in [0, 0.05) is 6.42 Å². The van der Waals surface area contributed by atoms with E-state index in [-0.39, 0.29) is 5.78 Å². The Morgan fingerprint density at radius 1 is 1.23 bits per heavy atom. The van der Waals surface area contributed by atoms with Crippen LogP contribution in [0.15, 0.2) is 0 Å². The average molecular weight is 186 g/mol. The fraction of sp³-hybridized carbons (Fsp3) is 0.800. The van der Waals surface area contributed by atoms with Crippen LogP contribution in [0.5, 0.6) is 0 Å². The van der Waals surface area contributed by atoms with Crippen LogP contribution in [-0.4, -0.2) is 16.9 Å². The van der Waals surface area contributed by atoms with Crippen LogP contribution in [-0.2, 0) is 9.59 Å². The predicted octanol–water partition coefficient (Wildman–Crippen LogP) is 2.25. The quantitative estimate of drug-likeness (QED) is 0.511. The number of Topliss-reactive ketones (excluding diaryl/α,β-unsaturated/α-hetero) is 1. The van der Waals surface area contributed by atoms with Gasteiger partial charge < -0.3 is 5.11 Å². The Morgan fingerprint density at radius 3 is 2.15 bits per heavy atom. The zero-order valence-corrected chi connectivity index (χ0v) is 8.59. The lowest BCUT2D eigenvalue weighted by Gasteiger charge is -2.16. The van der Waals surface area contributed by atoms with Crippen LogP contribution in [0.25, 0.3) is 0 Å². The van der Waals surface area contributed by atoms with Crippen molar-refractivity contribution in [3.05, 3.63) is 0 Å². The molecule has 0 unspecified atom stereocenters. The van der Waals surface area contributed by atoms with Gasteiger partial charge in [0.15, 0.2) is 0 Å². The van der Waals surface area contributed by atoms with E-state index in [9.17, 15) is 9.59 Å². The maximum Gasteiger partial charge on any atom is 0.316 e. The molecule has 0 rings (SSSR count). The van der Waals surface area contributed by atoms with Crippen molar-refractivity contribution in [2.24, 2.45) is 5.41 Å². The third kappa shape index (κ3) is 3.57. The molecule has 0 fully saturated rings. The van der Waals surface area contributed by atoms with E-state index in [1.807, 2.05) is 6.92 Å². The number of unbranched alkanes of at least 4 members (excludes halogenated alkanes) is 2. The van der Waals surface area contributed by atoms with Gasteiger partial charge in [-0.15, -0.1) is 0 Å². The van der Waals surface area contributed by atoms with Crippen molar-refractivity contribution in [1.29, 1.82) is 0 Å². The number of carboxylic acid groups (broad SMARTS) is 1. The molecule has 0 bridgehead atoms. The maximum atomic E-state index is 11.4. The van der Waals surface area contributed by atoms with Crippen molar-refractivity contribution in [3.63, 3.8) is 0 Å². The minimum Gasteiger partial charge on any atom is -0.481 e. The van der Waals surface area contributed by atoms with Crippen LogP contribution in [0, 0.1) is 5.41 Å². The summed E-state index contributed by atoms with van der Waals surface area (Å²) in [6, 6.07) is 0. The summed E-state index contributed by atoms with van der Waals surface area (Å²) in [5.41, 5.74) is -1.21.